The fourth-order valence-corrected chi connectivity index (χ4v) is 1.49. The summed E-state index contributed by atoms with van der Waals surface area (Å²) in [7, 11) is 1.54. The van der Waals surface area contributed by atoms with Gasteiger partial charge in [0.15, 0.2) is 10.9 Å². The van der Waals surface area contributed by atoms with Gasteiger partial charge in [-0.3, -0.25) is 0 Å². The zero-order valence-corrected chi connectivity index (χ0v) is 9.56. The number of aromatic nitrogens is 1. The van der Waals surface area contributed by atoms with Crippen LogP contribution in [-0.2, 0) is 0 Å². The molecule has 0 fully saturated rings. The van der Waals surface area contributed by atoms with E-state index in [-0.39, 0.29) is 5.38 Å². The predicted molar refractivity (Wildman–Crippen MR) is 60.2 cm³/mol. The van der Waals surface area contributed by atoms with Crippen LogP contribution in [0.25, 0.3) is 6.08 Å². The lowest BCUT2D eigenvalue weighted by atomic mass is 10.2. The Morgan fingerprint density at radius 2 is 2.29 bits per heavy atom. The van der Waals surface area contributed by atoms with Gasteiger partial charge < -0.3 is 4.74 Å². The van der Waals surface area contributed by atoms with Crippen molar-refractivity contribution in [3.05, 3.63) is 29.1 Å². The van der Waals surface area contributed by atoms with Gasteiger partial charge in [0.1, 0.15) is 0 Å². The molecule has 0 saturated carbocycles. The minimum Gasteiger partial charge on any atom is -0.493 e. The van der Waals surface area contributed by atoms with Crippen LogP contribution in [-0.4, -0.2) is 12.1 Å². The molecule has 1 heterocycles. The van der Waals surface area contributed by atoms with Crippen LogP contribution >= 0.6 is 23.2 Å². The molecule has 0 aliphatic heterocycles. The molecule has 0 N–H and O–H groups in total. The molecule has 0 aliphatic carbocycles. The highest BCUT2D eigenvalue weighted by molar-refractivity contribution is 6.31. The number of nitrogens with zero attached hydrogens (tertiary/aromatic N) is 1. The number of ether oxygens (including phenoxy) is 1. The average Bonchev–Trinajstić information content (AvgIpc) is 2.16. The SMILES string of the molecule is C=Cc1cc(C(C)Cl)nc(Cl)c1OC. The summed E-state index contributed by atoms with van der Waals surface area (Å²) in [6.45, 7) is 5.50. The molecule has 0 spiro atoms. The van der Waals surface area contributed by atoms with Gasteiger partial charge >= 0.3 is 0 Å². The van der Waals surface area contributed by atoms with Crippen LogP contribution in [0.15, 0.2) is 12.6 Å². The molecule has 1 unspecified atom stereocenters. The molecule has 0 saturated heterocycles. The standard InChI is InChI=1S/C10H11Cl2NO/c1-4-7-5-8(6(2)11)13-10(12)9(7)14-3/h4-6H,1H2,2-3H3. The second kappa shape index (κ2) is 4.67. The van der Waals surface area contributed by atoms with E-state index in [4.69, 9.17) is 27.9 Å². The van der Waals surface area contributed by atoms with Crippen LogP contribution in [0.3, 0.4) is 0 Å². The number of halogens is 2. The molecule has 0 aliphatic rings. The quantitative estimate of drug-likeness (QED) is 0.585. The molecule has 76 valence electrons. The average molecular weight is 232 g/mol. The van der Waals surface area contributed by atoms with Gasteiger partial charge in [-0.25, -0.2) is 4.98 Å². The van der Waals surface area contributed by atoms with Crippen LogP contribution in [0.4, 0.5) is 0 Å². The first-order valence-corrected chi connectivity index (χ1v) is 4.92. The van der Waals surface area contributed by atoms with E-state index in [2.05, 4.69) is 11.6 Å². The number of hydrogen-bond acceptors (Lipinski definition) is 2. The van der Waals surface area contributed by atoms with Crippen LogP contribution in [0.2, 0.25) is 5.15 Å². The zero-order valence-electron chi connectivity index (χ0n) is 8.05. The molecule has 0 aromatic carbocycles. The van der Waals surface area contributed by atoms with E-state index >= 15 is 0 Å². The van der Waals surface area contributed by atoms with Gasteiger partial charge in [-0.05, 0) is 13.0 Å². The summed E-state index contributed by atoms with van der Waals surface area (Å²) in [6, 6.07) is 1.81. The van der Waals surface area contributed by atoms with E-state index in [0.29, 0.717) is 16.6 Å². The molecule has 0 bridgehead atoms. The second-order valence-corrected chi connectivity index (χ2v) is 3.79. The monoisotopic (exact) mass is 231 g/mol. The first-order valence-electron chi connectivity index (χ1n) is 4.11. The molecule has 1 atom stereocenters. The predicted octanol–water partition coefficient (Wildman–Crippen LogP) is 3.69. The Morgan fingerprint density at radius 3 is 2.71 bits per heavy atom. The Hall–Kier alpha value is -0.730. The fourth-order valence-electron chi connectivity index (χ4n) is 1.10. The van der Waals surface area contributed by atoms with Crippen molar-refractivity contribution < 1.29 is 4.74 Å². The van der Waals surface area contributed by atoms with Gasteiger partial charge in [-0.1, -0.05) is 24.3 Å². The third-order valence-electron chi connectivity index (χ3n) is 1.81. The van der Waals surface area contributed by atoms with Crippen molar-refractivity contribution in [2.45, 2.75) is 12.3 Å². The molecular formula is C10H11Cl2NO. The molecule has 1 aromatic rings. The van der Waals surface area contributed by atoms with Gasteiger partial charge in [-0.2, -0.15) is 0 Å². The van der Waals surface area contributed by atoms with Crippen molar-refractivity contribution in [2.75, 3.05) is 7.11 Å². The molecule has 2 nitrogen and oxygen atoms in total. The number of rotatable bonds is 3. The van der Waals surface area contributed by atoms with E-state index in [9.17, 15) is 0 Å². The maximum absolute atomic E-state index is 5.91. The van der Waals surface area contributed by atoms with Crippen LogP contribution in [0.5, 0.6) is 5.75 Å². The lowest BCUT2D eigenvalue weighted by Gasteiger charge is -2.10. The van der Waals surface area contributed by atoms with Crippen molar-refractivity contribution in [1.29, 1.82) is 0 Å². The van der Waals surface area contributed by atoms with Crippen LogP contribution in [0, 0.1) is 0 Å². The number of pyridine rings is 1. The third-order valence-corrected chi connectivity index (χ3v) is 2.29. The Bertz CT molecular complexity index is 350. The Kier molecular flexibility index (Phi) is 3.78. The lowest BCUT2D eigenvalue weighted by molar-refractivity contribution is 0.412. The number of alkyl halides is 1. The summed E-state index contributed by atoms with van der Waals surface area (Å²) >= 11 is 11.8. The van der Waals surface area contributed by atoms with Crippen molar-refractivity contribution >= 4 is 29.3 Å². The Morgan fingerprint density at radius 1 is 1.64 bits per heavy atom. The highest BCUT2D eigenvalue weighted by Gasteiger charge is 2.12. The van der Waals surface area contributed by atoms with Crippen molar-refractivity contribution in [3.63, 3.8) is 0 Å². The van der Waals surface area contributed by atoms with Crippen molar-refractivity contribution in [1.82, 2.24) is 4.98 Å². The first kappa shape index (κ1) is 11.3. The van der Waals surface area contributed by atoms with Crippen LogP contribution < -0.4 is 4.74 Å². The Balaban J connectivity index is 3.31. The van der Waals surface area contributed by atoms with E-state index in [1.165, 1.54) is 0 Å². The second-order valence-electron chi connectivity index (χ2n) is 2.78. The normalized spacial score (nSPS) is 12.3. The van der Waals surface area contributed by atoms with Gasteiger partial charge in [-0.15, -0.1) is 11.6 Å². The van der Waals surface area contributed by atoms with Crippen LogP contribution in [0.1, 0.15) is 23.6 Å². The topological polar surface area (TPSA) is 22.1 Å². The summed E-state index contributed by atoms with van der Waals surface area (Å²) in [5, 5.41) is 0.129. The molecule has 1 aromatic heterocycles. The van der Waals surface area contributed by atoms with Gasteiger partial charge in [0.05, 0.1) is 18.2 Å². The maximum Gasteiger partial charge on any atom is 0.171 e. The van der Waals surface area contributed by atoms with E-state index < -0.39 is 0 Å². The largest absolute Gasteiger partial charge is 0.493 e. The van der Waals surface area contributed by atoms with E-state index in [0.717, 1.165) is 5.56 Å². The van der Waals surface area contributed by atoms with Crippen molar-refractivity contribution in [2.24, 2.45) is 0 Å². The smallest absolute Gasteiger partial charge is 0.171 e. The molecule has 4 heteroatoms. The maximum atomic E-state index is 5.91. The minimum absolute atomic E-state index is 0.183. The highest BCUT2D eigenvalue weighted by atomic mass is 35.5. The van der Waals surface area contributed by atoms with E-state index in [1.807, 2.05) is 13.0 Å². The Labute approximate surface area is 93.5 Å². The van der Waals surface area contributed by atoms with Gasteiger partial charge in [0.25, 0.3) is 0 Å². The molecule has 0 amide bonds. The summed E-state index contributed by atoms with van der Waals surface area (Å²) in [5.41, 5.74) is 1.52. The first-order chi connectivity index (χ1) is 6.60. The minimum atomic E-state index is -0.183. The molecule has 1 rings (SSSR count). The molecular weight excluding hydrogens is 221 g/mol. The van der Waals surface area contributed by atoms with Gasteiger partial charge in [0.2, 0.25) is 0 Å². The van der Waals surface area contributed by atoms with Crippen molar-refractivity contribution in [3.8, 4) is 5.75 Å². The number of hydrogen-bond donors (Lipinski definition) is 0. The summed E-state index contributed by atoms with van der Waals surface area (Å²) in [4.78, 5) is 4.11. The lowest BCUT2D eigenvalue weighted by Crippen LogP contribution is -1.96. The molecule has 14 heavy (non-hydrogen) atoms. The highest BCUT2D eigenvalue weighted by Crippen LogP contribution is 2.31. The third kappa shape index (κ3) is 2.20. The fraction of sp³-hybridized carbons (Fsp3) is 0.300. The summed E-state index contributed by atoms with van der Waals surface area (Å²) in [5.74, 6) is 0.530. The zero-order chi connectivity index (χ0) is 10.7. The summed E-state index contributed by atoms with van der Waals surface area (Å²) in [6.07, 6.45) is 1.66. The number of methoxy groups -OCH3 is 1. The van der Waals surface area contributed by atoms with Gasteiger partial charge in [0, 0.05) is 5.56 Å². The summed E-state index contributed by atoms with van der Waals surface area (Å²) < 4.78 is 5.09. The molecule has 0 radical (unpaired) electrons. The van der Waals surface area contributed by atoms with E-state index in [1.54, 1.807) is 13.2 Å².